The number of hydrogen-bond donors (Lipinski definition) is 2. The zero-order valence-corrected chi connectivity index (χ0v) is 16.3. The Bertz CT molecular complexity index is 693. The molecule has 0 bridgehead atoms. The van der Waals surface area contributed by atoms with Gasteiger partial charge in [0.2, 0.25) is 5.91 Å². The van der Waals surface area contributed by atoms with E-state index in [2.05, 4.69) is 5.32 Å². The zero-order valence-electron chi connectivity index (χ0n) is 15.5. The maximum atomic E-state index is 12.5. The highest BCUT2D eigenvalue weighted by Crippen LogP contribution is 2.33. The summed E-state index contributed by atoms with van der Waals surface area (Å²) < 4.78 is 10.7. The van der Waals surface area contributed by atoms with Gasteiger partial charge in [0, 0.05) is 13.1 Å². The minimum Gasteiger partial charge on any atom is -0.462 e. The number of nitrogens with two attached hydrogens (primary N) is 1. The summed E-state index contributed by atoms with van der Waals surface area (Å²) in [4.78, 5) is 38.5. The molecule has 2 rings (SSSR count). The first-order chi connectivity index (χ1) is 12.2. The summed E-state index contributed by atoms with van der Waals surface area (Å²) in [7, 11) is 0. The summed E-state index contributed by atoms with van der Waals surface area (Å²) in [6.45, 7) is 8.89. The number of carbonyl (C=O) groups is 3. The molecule has 1 fully saturated rings. The molecule has 2 heterocycles. The second-order valence-corrected chi connectivity index (χ2v) is 7.37. The third kappa shape index (κ3) is 4.80. The number of hydrogen-bond acceptors (Lipinski definition) is 7. The van der Waals surface area contributed by atoms with E-state index in [4.69, 9.17) is 15.2 Å². The van der Waals surface area contributed by atoms with Crippen LogP contribution in [0.2, 0.25) is 0 Å². The summed E-state index contributed by atoms with van der Waals surface area (Å²) in [6, 6.07) is 0. The Labute approximate surface area is 156 Å². The van der Waals surface area contributed by atoms with Gasteiger partial charge in [-0.3, -0.25) is 14.5 Å². The van der Waals surface area contributed by atoms with Gasteiger partial charge < -0.3 is 20.5 Å². The monoisotopic (exact) mass is 383 g/mol. The first-order valence-electron chi connectivity index (χ1n) is 8.50. The van der Waals surface area contributed by atoms with Gasteiger partial charge >= 0.3 is 5.97 Å². The van der Waals surface area contributed by atoms with Crippen LogP contribution in [0.4, 0.5) is 5.00 Å². The Kier molecular flexibility index (Phi) is 6.74. The number of thiophene rings is 1. The molecule has 9 heteroatoms. The van der Waals surface area contributed by atoms with Crippen LogP contribution in [0.25, 0.3) is 0 Å². The third-order valence-electron chi connectivity index (χ3n) is 3.97. The highest BCUT2D eigenvalue weighted by Gasteiger charge is 2.27. The van der Waals surface area contributed by atoms with Crippen molar-refractivity contribution >= 4 is 34.1 Å². The van der Waals surface area contributed by atoms with Gasteiger partial charge in [-0.25, -0.2) is 4.79 Å². The van der Waals surface area contributed by atoms with Crippen LogP contribution in [0.5, 0.6) is 0 Å². The predicted octanol–water partition coefficient (Wildman–Crippen LogP) is 1.38. The lowest BCUT2D eigenvalue weighted by molar-refractivity contribution is -0.121. The lowest BCUT2D eigenvalue weighted by atomic mass is 10.1. The lowest BCUT2D eigenvalue weighted by Gasteiger charge is -2.34. The van der Waals surface area contributed by atoms with Gasteiger partial charge in [0.1, 0.15) is 5.00 Å². The van der Waals surface area contributed by atoms with E-state index in [-0.39, 0.29) is 46.7 Å². The first-order valence-corrected chi connectivity index (χ1v) is 9.32. The molecule has 1 aliphatic heterocycles. The van der Waals surface area contributed by atoms with Gasteiger partial charge in [0.15, 0.2) is 0 Å². The number of primary amides is 1. The van der Waals surface area contributed by atoms with Crippen molar-refractivity contribution in [3.05, 3.63) is 16.0 Å². The van der Waals surface area contributed by atoms with Crippen molar-refractivity contribution in [2.24, 2.45) is 5.73 Å². The molecule has 2 amide bonds. The van der Waals surface area contributed by atoms with Crippen molar-refractivity contribution in [3.63, 3.8) is 0 Å². The number of nitrogens with one attached hydrogen (secondary N) is 1. The van der Waals surface area contributed by atoms with E-state index in [1.54, 1.807) is 13.8 Å². The van der Waals surface area contributed by atoms with E-state index in [1.165, 1.54) is 0 Å². The molecule has 0 unspecified atom stereocenters. The third-order valence-corrected chi connectivity index (χ3v) is 5.19. The van der Waals surface area contributed by atoms with Gasteiger partial charge in [0.25, 0.3) is 5.91 Å². The molecule has 1 aromatic heterocycles. The number of nitrogens with zero attached hydrogens (tertiary/aromatic N) is 1. The quantitative estimate of drug-likeness (QED) is 0.718. The molecule has 1 saturated heterocycles. The maximum absolute atomic E-state index is 12.5. The van der Waals surface area contributed by atoms with Gasteiger partial charge in [0.05, 0.1) is 35.8 Å². The number of morpholine rings is 1. The average Bonchev–Trinajstić information content (AvgIpc) is 2.82. The summed E-state index contributed by atoms with van der Waals surface area (Å²) >= 11 is 0.989. The fourth-order valence-corrected chi connectivity index (χ4v) is 4.13. The minimum atomic E-state index is -0.644. The number of amides is 2. The summed E-state index contributed by atoms with van der Waals surface area (Å²) in [5.41, 5.74) is 5.97. The van der Waals surface area contributed by atoms with E-state index in [9.17, 15) is 14.4 Å². The lowest BCUT2D eigenvalue weighted by Crippen LogP contribution is -2.48. The highest BCUT2D eigenvalue weighted by atomic mass is 32.1. The summed E-state index contributed by atoms with van der Waals surface area (Å²) in [6.07, 6.45) is 0.0965. The number of carbonyl (C=O) groups excluding carboxylic acids is 3. The molecule has 0 spiro atoms. The molecular formula is C17H25N3O5S. The van der Waals surface area contributed by atoms with Crippen molar-refractivity contribution in [2.45, 2.75) is 39.9 Å². The normalized spacial score (nSPS) is 20.6. The molecule has 26 heavy (non-hydrogen) atoms. The van der Waals surface area contributed by atoms with E-state index in [0.717, 1.165) is 11.3 Å². The van der Waals surface area contributed by atoms with Crippen LogP contribution in [0, 0.1) is 6.92 Å². The zero-order chi connectivity index (χ0) is 19.4. The van der Waals surface area contributed by atoms with E-state index < -0.39 is 11.9 Å². The van der Waals surface area contributed by atoms with Crippen molar-refractivity contribution in [1.29, 1.82) is 0 Å². The van der Waals surface area contributed by atoms with E-state index in [1.807, 2.05) is 18.7 Å². The summed E-state index contributed by atoms with van der Waals surface area (Å²) in [5, 5.41) is 3.02. The molecule has 144 valence electrons. The van der Waals surface area contributed by atoms with Crippen molar-refractivity contribution < 1.29 is 23.9 Å². The Morgan fingerprint density at radius 3 is 2.46 bits per heavy atom. The van der Waals surface area contributed by atoms with Crippen LogP contribution < -0.4 is 11.1 Å². The van der Waals surface area contributed by atoms with Gasteiger partial charge in [-0.1, -0.05) is 0 Å². The molecule has 8 nitrogen and oxygen atoms in total. The van der Waals surface area contributed by atoms with Crippen LogP contribution in [-0.2, 0) is 14.3 Å². The van der Waals surface area contributed by atoms with Crippen molar-refractivity contribution in [2.75, 3.05) is 31.6 Å². The Balaban J connectivity index is 2.16. The molecule has 2 atom stereocenters. The van der Waals surface area contributed by atoms with E-state index >= 15 is 0 Å². The van der Waals surface area contributed by atoms with Crippen molar-refractivity contribution in [1.82, 2.24) is 4.90 Å². The first kappa shape index (κ1) is 20.3. The van der Waals surface area contributed by atoms with Crippen LogP contribution in [0.3, 0.4) is 0 Å². The fraction of sp³-hybridized carbons (Fsp3) is 0.588. The molecular weight excluding hydrogens is 358 g/mol. The van der Waals surface area contributed by atoms with E-state index in [0.29, 0.717) is 18.7 Å². The molecule has 0 saturated carbocycles. The highest BCUT2D eigenvalue weighted by molar-refractivity contribution is 7.18. The molecule has 0 aromatic carbocycles. The smallest absolute Gasteiger partial charge is 0.341 e. The molecule has 1 aliphatic rings. The van der Waals surface area contributed by atoms with Gasteiger partial charge in [-0.2, -0.15) is 0 Å². The standard InChI is InChI=1S/C17H25N3O5S/c1-5-24-17(23)13-11(4)14(15(18)22)26-16(13)19-12(21)8-20-6-9(2)25-10(3)7-20/h9-10H,5-8H2,1-4H3,(H2,18,22)(H,19,21)/t9-,10+. The number of anilines is 1. The summed E-state index contributed by atoms with van der Waals surface area (Å²) in [5.74, 6) is -1.50. The fourth-order valence-electron chi connectivity index (χ4n) is 3.07. The largest absolute Gasteiger partial charge is 0.462 e. The van der Waals surface area contributed by atoms with Gasteiger partial charge in [-0.15, -0.1) is 11.3 Å². The second-order valence-electron chi connectivity index (χ2n) is 6.34. The minimum absolute atomic E-state index is 0.0482. The molecule has 3 N–H and O–H groups in total. The van der Waals surface area contributed by atoms with Crippen LogP contribution >= 0.6 is 11.3 Å². The van der Waals surface area contributed by atoms with Crippen LogP contribution in [0.15, 0.2) is 0 Å². The Hall–Kier alpha value is -1.97. The Morgan fingerprint density at radius 2 is 1.92 bits per heavy atom. The second kappa shape index (κ2) is 8.61. The van der Waals surface area contributed by atoms with Gasteiger partial charge in [-0.05, 0) is 33.3 Å². The maximum Gasteiger partial charge on any atom is 0.341 e. The number of ether oxygens (including phenoxy) is 2. The number of rotatable bonds is 6. The molecule has 0 radical (unpaired) electrons. The predicted molar refractivity (Wildman–Crippen MR) is 98.6 cm³/mol. The topological polar surface area (TPSA) is 111 Å². The van der Waals surface area contributed by atoms with Crippen LogP contribution in [-0.4, -0.2) is 61.1 Å². The Morgan fingerprint density at radius 1 is 1.31 bits per heavy atom. The van der Waals surface area contributed by atoms with Crippen molar-refractivity contribution in [3.8, 4) is 0 Å². The molecule has 1 aromatic rings. The SMILES string of the molecule is CCOC(=O)c1c(NC(=O)CN2C[C@@H](C)O[C@@H](C)C2)sc(C(N)=O)c1C. The average molecular weight is 383 g/mol. The molecule has 0 aliphatic carbocycles. The van der Waals surface area contributed by atoms with Crippen LogP contribution in [0.1, 0.15) is 46.4 Å². The number of esters is 1.